The number of carbonyl (C=O) groups is 1. The van der Waals surface area contributed by atoms with E-state index in [1.165, 1.54) is 11.1 Å². The van der Waals surface area contributed by atoms with Crippen LogP contribution in [-0.2, 0) is 11.3 Å². The summed E-state index contributed by atoms with van der Waals surface area (Å²) in [6.07, 6.45) is 2.27. The number of amides is 1. The van der Waals surface area contributed by atoms with Crippen molar-refractivity contribution in [2.45, 2.75) is 34.2 Å². The average Bonchev–Trinajstić information content (AvgIpc) is 3.15. The topological polar surface area (TPSA) is 47.3 Å². The fourth-order valence-corrected chi connectivity index (χ4v) is 4.09. The Kier molecular flexibility index (Phi) is 5.20. The van der Waals surface area contributed by atoms with E-state index < -0.39 is 0 Å². The number of hydrogen-bond donors (Lipinski definition) is 0. The van der Waals surface area contributed by atoms with E-state index in [1.54, 1.807) is 0 Å². The molecule has 0 aromatic heterocycles. The lowest BCUT2D eigenvalue weighted by atomic mass is 10.1. The Morgan fingerprint density at radius 3 is 2.35 bits per heavy atom. The van der Waals surface area contributed by atoms with Crippen molar-refractivity contribution in [2.24, 2.45) is 17.3 Å². The van der Waals surface area contributed by atoms with Gasteiger partial charge in [-0.05, 0) is 42.9 Å². The molecule has 2 unspecified atom stereocenters. The first-order valence-electron chi connectivity index (χ1n) is 9.48. The van der Waals surface area contributed by atoms with Crippen LogP contribution in [0.1, 0.15) is 38.8 Å². The Labute approximate surface area is 157 Å². The van der Waals surface area contributed by atoms with Gasteiger partial charge in [0.2, 0.25) is 5.91 Å². The Hall–Kier alpha value is -2.12. The van der Waals surface area contributed by atoms with Gasteiger partial charge in [0.25, 0.3) is 0 Å². The van der Waals surface area contributed by atoms with Crippen LogP contribution >= 0.6 is 0 Å². The quantitative estimate of drug-likeness (QED) is 0.781. The van der Waals surface area contributed by atoms with E-state index in [4.69, 9.17) is 5.26 Å². The minimum atomic E-state index is 0.0912. The van der Waals surface area contributed by atoms with Crippen LogP contribution in [0.2, 0.25) is 0 Å². The van der Waals surface area contributed by atoms with Crippen LogP contribution in [0.5, 0.6) is 0 Å². The maximum absolute atomic E-state index is 13.0. The van der Waals surface area contributed by atoms with Gasteiger partial charge in [-0.15, -0.1) is 0 Å². The molecule has 1 saturated heterocycles. The molecule has 4 nitrogen and oxygen atoms in total. The number of allylic oxidation sites excluding steroid dienone is 2. The van der Waals surface area contributed by atoms with Crippen LogP contribution in [0.15, 0.2) is 35.9 Å². The van der Waals surface area contributed by atoms with Gasteiger partial charge < -0.3 is 4.90 Å². The molecule has 0 N–H and O–H groups in total. The normalized spacial score (nSPS) is 24.7. The van der Waals surface area contributed by atoms with Crippen molar-refractivity contribution in [3.8, 4) is 6.07 Å². The highest BCUT2D eigenvalue weighted by Gasteiger charge is 2.61. The molecule has 26 heavy (non-hydrogen) atoms. The van der Waals surface area contributed by atoms with Gasteiger partial charge in [0.1, 0.15) is 0 Å². The van der Waals surface area contributed by atoms with E-state index in [1.807, 2.05) is 24.3 Å². The third-order valence-corrected chi connectivity index (χ3v) is 5.86. The van der Waals surface area contributed by atoms with Gasteiger partial charge in [0.15, 0.2) is 0 Å². The van der Waals surface area contributed by atoms with E-state index in [9.17, 15) is 4.79 Å². The van der Waals surface area contributed by atoms with Crippen molar-refractivity contribution in [1.29, 1.82) is 5.26 Å². The molecule has 3 rings (SSSR count). The summed E-state index contributed by atoms with van der Waals surface area (Å²) < 4.78 is 0. The minimum absolute atomic E-state index is 0.0912. The molecule has 2 atom stereocenters. The fraction of sp³-hybridized carbons (Fsp3) is 0.545. The summed E-state index contributed by atoms with van der Waals surface area (Å²) in [6, 6.07) is 9.93. The van der Waals surface area contributed by atoms with Crippen LogP contribution in [0.3, 0.4) is 0 Å². The summed E-state index contributed by atoms with van der Waals surface area (Å²) >= 11 is 0. The van der Waals surface area contributed by atoms with Gasteiger partial charge in [-0.3, -0.25) is 9.69 Å². The standard InChI is InChI=1S/C22H29N3O/c1-16(2)13-19-20(22(19,3)4)21(26)25-11-9-24(10-12-25)15-18-7-5-17(14-23)6-8-18/h5-8,13,19-20H,9-12,15H2,1-4H3. The van der Waals surface area contributed by atoms with E-state index in [0.29, 0.717) is 17.4 Å². The summed E-state index contributed by atoms with van der Waals surface area (Å²) in [4.78, 5) is 17.4. The van der Waals surface area contributed by atoms with Crippen molar-refractivity contribution in [1.82, 2.24) is 9.80 Å². The van der Waals surface area contributed by atoms with Gasteiger partial charge in [-0.2, -0.15) is 5.26 Å². The number of piperazine rings is 1. The minimum Gasteiger partial charge on any atom is -0.340 e. The molecule has 1 aliphatic heterocycles. The molecule has 138 valence electrons. The second-order valence-electron chi connectivity index (χ2n) is 8.48. The molecule has 1 aromatic rings. The highest BCUT2D eigenvalue weighted by atomic mass is 16.2. The highest BCUT2D eigenvalue weighted by Crippen LogP contribution is 2.60. The second kappa shape index (κ2) is 7.25. The zero-order valence-electron chi connectivity index (χ0n) is 16.3. The van der Waals surface area contributed by atoms with Gasteiger partial charge >= 0.3 is 0 Å². The molecule has 1 aromatic carbocycles. The molecule has 0 radical (unpaired) electrons. The second-order valence-corrected chi connectivity index (χ2v) is 8.48. The number of nitriles is 1. The molecule has 0 bridgehead atoms. The lowest BCUT2D eigenvalue weighted by molar-refractivity contribution is -0.135. The summed E-state index contributed by atoms with van der Waals surface area (Å²) in [5.74, 6) is 0.856. The number of carbonyl (C=O) groups excluding carboxylic acids is 1. The fourth-order valence-electron chi connectivity index (χ4n) is 4.09. The maximum atomic E-state index is 13.0. The van der Waals surface area contributed by atoms with Crippen molar-refractivity contribution in [3.05, 3.63) is 47.0 Å². The predicted octanol–water partition coefficient (Wildman–Crippen LogP) is 3.44. The van der Waals surface area contributed by atoms with Gasteiger partial charge in [-0.1, -0.05) is 37.6 Å². The van der Waals surface area contributed by atoms with Crippen molar-refractivity contribution in [3.63, 3.8) is 0 Å². The Bertz CT molecular complexity index is 730. The van der Waals surface area contributed by atoms with Gasteiger partial charge in [-0.25, -0.2) is 0 Å². The molecule has 1 heterocycles. The molecule has 2 fully saturated rings. The first-order valence-corrected chi connectivity index (χ1v) is 9.48. The van der Waals surface area contributed by atoms with Crippen molar-refractivity contribution < 1.29 is 4.79 Å². The molecule has 1 aliphatic carbocycles. The summed E-state index contributed by atoms with van der Waals surface area (Å²) in [7, 11) is 0. The van der Waals surface area contributed by atoms with Gasteiger partial charge in [0.05, 0.1) is 17.6 Å². The smallest absolute Gasteiger partial charge is 0.226 e. The predicted molar refractivity (Wildman–Crippen MR) is 103 cm³/mol. The van der Waals surface area contributed by atoms with Crippen LogP contribution < -0.4 is 0 Å². The molecular weight excluding hydrogens is 322 g/mol. The molecule has 4 heteroatoms. The average molecular weight is 351 g/mol. The molecule has 2 aliphatic rings. The Morgan fingerprint density at radius 2 is 1.81 bits per heavy atom. The zero-order valence-corrected chi connectivity index (χ0v) is 16.3. The van der Waals surface area contributed by atoms with E-state index in [2.05, 4.69) is 49.6 Å². The third-order valence-electron chi connectivity index (χ3n) is 5.86. The molecule has 1 amide bonds. The van der Waals surface area contributed by atoms with Crippen molar-refractivity contribution in [2.75, 3.05) is 26.2 Å². The maximum Gasteiger partial charge on any atom is 0.226 e. The SMILES string of the molecule is CC(C)=CC1C(C(=O)N2CCN(Cc3ccc(C#N)cc3)CC2)C1(C)C. The lowest BCUT2D eigenvalue weighted by Crippen LogP contribution is -2.49. The lowest BCUT2D eigenvalue weighted by Gasteiger charge is -2.35. The highest BCUT2D eigenvalue weighted by molar-refractivity contribution is 5.84. The van der Waals surface area contributed by atoms with Crippen LogP contribution in [-0.4, -0.2) is 41.9 Å². The van der Waals surface area contributed by atoms with Gasteiger partial charge in [0, 0.05) is 32.7 Å². The van der Waals surface area contributed by atoms with E-state index >= 15 is 0 Å². The Morgan fingerprint density at radius 1 is 1.19 bits per heavy atom. The molecular formula is C22H29N3O. The number of hydrogen-bond acceptors (Lipinski definition) is 3. The monoisotopic (exact) mass is 351 g/mol. The molecule has 0 spiro atoms. The number of rotatable bonds is 4. The largest absolute Gasteiger partial charge is 0.340 e. The van der Waals surface area contributed by atoms with E-state index in [0.717, 1.165) is 32.7 Å². The first kappa shape index (κ1) is 18.7. The summed E-state index contributed by atoms with van der Waals surface area (Å²) in [5.41, 5.74) is 3.30. The third kappa shape index (κ3) is 3.83. The molecule has 1 saturated carbocycles. The van der Waals surface area contributed by atoms with Crippen molar-refractivity contribution >= 4 is 5.91 Å². The number of benzene rings is 1. The summed E-state index contributed by atoms with van der Waals surface area (Å²) in [6.45, 7) is 12.9. The Balaban J connectivity index is 1.53. The van der Waals surface area contributed by atoms with E-state index in [-0.39, 0.29) is 11.3 Å². The van der Waals surface area contributed by atoms with Crippen LogP contribution in [0, 0.1) is 28.6 Å². The van der Waals surface area contributed by atoms with Crippen LogP contribution in [0.25, 0.3) is 0 Å². The summed E-state index contributed by atoms with van der Waals surface area (Å²) in [5, 5.41) is 8.88. The first-order chi connectivity index (χ1) is 12.3. The zero-order chi connectivity index (χ0) is 18.9. The van der Waals surface area contributed by atoms with Crippen LogP contribution in [0.4, 0.5) is 0 Å². The number of nitrogens with zero attached hydrogens (tertiary/aromatic N) is 3.